The summed E-state index contributed by atoms with van der Waals surface area (Å²) < 4.78 is 27.6. The van der Waals surface area contributed by atoms with Crippen LogP contribution in [0.1, 0.15) is 39.5 Å². The van der Waals surface area contributed by atoms with E-state index in [4.69, 9.17) is 0 Å². The third-order valence-corrected chi connectivity index (χ3v) is 5.00. The zero-order chi connectivity index (χ0) is 14.6. The fourth-order valence-corrected chi connectivity index (χ4v) is 3.61. The molecule has 0 spiro atoms. The molecule has 1 saturated carbocycles. The lowest BCUT2D eigenvalue weighted by molar-refractivity contribution is 0.530. The molecule has 5 nitrogen and oxygen atoms in total. The molecule has 1 aromatic rings. The maximum absolute atomic E-state index is 12.4. The van der Waals surface area contributed by atoms with E-state index in [2.05, 4.69) is 15.0 Å². The van der Waals surface area contributed by atoms with Gasteiger partial charge in [0.2, 0.25) is 10.0 Å². The van der Waals surface area contributed by atoms with Crippen molar-refractivity contribution < 1.29 is 8.42 Å². The molecule has 0 radical (unpaired) electrons. The highest BCUT2D eigenvalue weighted by Gasteiger charge is 2.27. The highest BCUT2D eigenvalue weighted by molar-refractivity contribution is 7.89. The highest BCUT2D eigenvalue weighted by atomic mass is 32.2. The molecule has 0 aromatic carbocycles. The van der Waals surface area contributed by atoms with E-state index >= 15 is 0 Å². The molecule has 20 heavy (non-hydrogen) atoms. The van der Waals surface area contributed by atoms with Crippen LogP contribution < -0.4 is 10.0 Å². The summed E-state index contributed by atoms with van der Waals surface area (Å²) in [6.07, 6.45) is 7.31. The molecule has 1 heterocycles. The minimum absolute atomic E-state index is 0.0354. The monoisotopic (exact) mass is 297 g/mol. The number of sulfonamides is 1. The maximum Gasteiger partial charge on any atom is 0.244 e. The van der Waals surface area contributed by atoms with Crippen LogP contribution in [0.5, 0.6) is 0 Å². The molecule has 2 N–H and O–H groups in total. The molecule has 1 unspecified atom stereocenters. The van der Waals surface area contributed by atoms with E-state index in [1.54, 1.807) is 12.3 Å². The quantitative estimate of drug-likeness (QED) is 0.773. The summed E-state index contributed by atoms with van der Waals surface area (Å²) in [5, 5.41) is 3.14. The Morgan fingerprint density at radius 3 is 2.85 bits per heavy atom. The van der Waals surface area contributed by atoms with E-state index in [0.29, 0.717) is 11.6 Å². The van der Waals surface area contributed by atoms with Gasteiger partial charge in [0, 0.05) is 25.0 Å². The Morgan fingerprint density at radius 2 is 2.20 bits per heavy atom. The zero-order valence-corrected chi connectivity index (χ0v) is 12.9. The van der Waals surface area contributed by atoms with Gasteiger partial charge in [-0.1, -0.05) is 19.8 Å². The van der Waals surface area contributed by atoms with Crippen molar-refractivity contribution in [3.05, 3.63) is 18.5 Å². The van der Waals surface area contributed by atoms with Crippen molar-refractivity contribution in [1.29, 1.82) is 0 Å². The van der Waals surface area contributed by atoms with Gasteiger partial charge >= 0.3 is 0 Å². The zero-order valence-electron chi connectivity index (χ0n) is 12.1. The highest BCUT2D eigenvalue weighted by Crippen LogP contribution is 2.33. The largest absolute Gasteiger partial charge is 0.384 e. The van der Waals surface area contributed by atoms with E-state index in [0.717, 1.165) is 19.4 Å². The SMILES string of the molecule is CCCNc1ccncc1S(=O)(=O)NC(C)CC1CC1. The molecule has 1 fully saturated rings. The Balaban J connectivity index is 2.10. The number of nitrogens with zero attached hydrogens (tertiary/aromatic N) is 1. The Labute approximate surface area is 121 Å². The molecular formula is C14H23N3O2S. The minimum Gasteiger partial charge on any atom is -0.384 e. The van der Waals surface area contributed by atoms with Crippen LogP contribution in [0.15, 0.2) is 23.4 Å². The van der Waals surface area contributed by atoms with E-state index in [1.165, 1.54) is 19.0 Å². The van der Waals surface area contributed by atoms with E-state index < -0.39 is 10.0 Å². The van der Waals surface area contributed by atoms with Crippen LogP contribution in [-0.4, -0.2) is 26.0 Å². The number of nitrogens with one attached hydrogen (secondary N) is 2. The summed E-state index contributed by atoms with van der Waals surface area (Å²) in [7, 11) is -3.51. The number of hydrogen-bond acceptors (Lipinski definition) is 4. The lowest BCUT2D eigenvalue weighted by Crippen LogP contribution is -2.33. The van der Waals surface area contributed by atoms with Crippen molar-refractivity contribution in [1.82, 2.24) is 9.71 Å². The fourth-order valence-electron chi connectivity index (χ4n) is 2.23. The van der Waals surface area contributed by atoms with Gasteiger partial charge < -0.3 is 5.32 Å². The molecule has 0 aliphatic heterocycles. The van der Waals surface area contributed by atoms with Gasteiger partial charge in [-0.25, -0.2) is 13.1 Å². The summed E-state index contributed by atoms with van der Waals surface area (Å²) in [5.41, 5.74) is 0.618. The Kier molecular flexibility index (Phi) is 4.99. The van der Waals surface area contributed by atoms with Crippen molar-refractivity contribution in [3.8, 4) is 0 Å². The third kappa shape index (κ3) is 4.18. The van der Waals surface area contributed by atoms with Gasteiger partial charge in [-0.05, 0) is 31.7 Å². The molecule has 1 aromatic heterocycles. The van der Waals surface area contributed by atoms with E-state index in [-0.39, 0.29) is 10.9 Å². The van der Waals surface area contributed by atoms with Crippen LogP contribution in [0, 0.1) is 5.92 Å². The lowest BCUT2D eigenvalue weighted by atomic mass is 10.2. The second-order valence-corrected chi connectivity index (χ2v) is 7.18. The van der Waals surface area contributed by atoms with Gasteiger partial charge in [0.25, 0.3) is 0 Å². The number of pyridine rings is 1. The number of anilines is 1. The van der Waals surface area contributed by atoms with Gasteiger partial charge in [0.15, 0.2) is 0 Å². The molecule has 6 heteroatoms. The van der Waals surface area contributed by atoms with E-state index in [9.17, 15) is 8.42 Å². The number of hydrogen-bond donors (Lipinski definition) is 2. The standard InChI is InChI=1S/C14H23N3O2S/c1-3-7-16-13-6-8-15-10-14(13)20(18,19)17-11(2)9-12-4-5-12/h6,8,10-12,17H,3-5,7,9H2,1-2H3,(H,15,16). The van der Waals surface area contributed by atoms with Gasteiger partial charge in [-0.2, -0.15) is 0 Å². The third-order valence-electron chi connectivity index (χ3n) is 3.38. The summed E-state index contributed by atoms with van der Waals surface area (Å²) in [6.45, 7) is 4.70. The van der Waals surface area contributed by atoms with Gasteiger partial charge in [-0.3, -0.25) is 4.98 Å². The average Bonchev–Trinajstić information content (AvgIpc) is 3.19. The van der Waals surface area contributed by atoms with Crippen molar-refractivity contribution in [2.75, 3.05) is 11.9 Å². The lowest BCUT2D eigenvalue weighted by Gasteiger charge is -2.16. The Bertz CT molecular complexity index is 541. The van der Waals surface area contributed by atoms with Gasteiger partial charge in [-0.15, -0.1) is 0 Å². The second-order valence-electron chi connectivity index (χ2n) is 5.50. The maximum atomic E-state index is 12.4. The molecular weight excluding hydrogens is 274 g/mol. The molecule has 0 saturated heterocycles. The van der Waals surface area contributed by atoms with Gasteiger partial charge in [0.05, 0.1) is 5.69 Å². The normalized spacial score (nSPS) is 16.9. The summed E-state index contributed by atoms with van der Waals surface area (Å²) in [6, 6.07) is 1.67. The van der Waals surface area contributed by atoms with Crippen LogP contribution in [0.2, 0.25) is 0 Å². The van der Waals surface area contributed by atoms with Crippen molar-refractivity contribution in [3.63, 3.8) is 0 Å². The van der Waals surface area contributed by atoms with Crippen LogP contribution in [0.3, 0.4) is 0 Å². The molecule has 0 bridgehead atoms. The fraction of sp³-hybridized carbons (Fsp3) is 0.643. The minimum atomic E-state index is -3.51. The van der Waals surface area contributed by atoms with Crippen molar-refractivity contribution in [2.24, 2.45) is 5.92 Å². The molecule has 0 amide bonds. The molecule has 1 aliphatic rings. The first kappa shape index (κ1) is 15.3. The predicted octanol–water partition coefficient (Wildman–Crippen LogP) is 2.37. The van der Waals surface area contributed by atoms with Gasteiger partial charge in [0.1, 0.15) is 4.90 Å². The number of aromatic nitrogens is 1. The topological polar surface area (TPSA) is 71.1 Å². The summed E-state index contributed by atoms with van der Waals surface area (Å²) in [4.78, 5) is 4.17. The first-order valence-corrected chi connectivity index (χ1v) is 8.71. The second kappa shape index (κ2) is 6.54. The Hall–Kier alpha value is -1.14. The van der Waals surface area contributed by atoms with Crippen LogP contribution in [-0.2, 0) is 10.0 Å². The summed E-state index contributed by atoms with van der Waals surface area (Å²) in [5.74, 6) is 0.694. The van der Waals surface area contributed by atoms with Crippen LogP contribution >= 0.6 is 0 Å². The summed E-state index contributed by atoms with van der Waals surface area (Å²) >= 11 is 0. The average molecular weight is 297 g/mol. The first-order valence-electron chi connectivity index (χ1n) is 7.23. The van der Waals surface area contributed by atoms with E-state index in [1.807, 2.05) is 13.8 Å². The Morgan fingerprint density at radius 1 is 1.45 bits per heavy atom. The van der Waals surface area contributed by atoms with Crippen molar-refractivity contribution in [2.45, 2.75) is 50.5 Å². The molecule has 1 atom stereocenters. The number of rotatable bonds is 8. The molecule has 2 rings (SSSR count). The van der Waals surface area contributed by atoms with Crippen LogP contribution in [0.4, 0.5) is 5.69 Å². The van der Waals surface area contributed by atoms with Crippen LogP contribution in [0.25, 0.3) is 0 Å². The smallest absolute Gasteiger partial charge is 0.244 e. The van der Waals surface area contributed by atoms with Crippen molar-refractivity contribution >= 4 is 15.7 Å². The first-order chi connectivity index (χ1) is 9.53. The molecule has 112 valence electrons. The molecule has 1 aliphatic carbocycles. The predicted molar refractivity (Wildman–Crippen MR) is 80.1 cm³/mol.